The van der Waals surface area contributed by atoms with Crippen LogP contribution in [0.15, 0.2) is 48.5 Å². The van der Waals surface area contributed by atoms with E-state index in [0.29, 0.717) is 22.0 Å². The fourth-order valence-corrected chi connectivity index (χ4v) is 7.25. The largest absolute Gasteiger partial charge is 0.459 e. The number of carbonyl (C=O) groups is 2. The summed E-state index contributed by atoms with van der Waals surface area (Å²) in [6, 6.07) is 15.4. The van der Waals surface area contributed by atoms with Crippen LogP contribution in [0.4, 0.5) is 0 Å². The average molecular weight is 544 g/mol. The predicted molar refractivity (Wildman–Crippen MR) is 165 cm³/mol. The predicted octanol–water partition coefficient (Wildman–Crippen LogP) is 9.50. The molecule has 0 radical (unpaired) electrons. The molecular formula is C35H44O3P+. The molecule has 39 heavy (non-hydrogen) atoms. The first-order valence-corrected chi connectivity index (χ1v) is 15.3. The van der Waals surface area contributed by atoms with Crippen molar-refractivity contribution < 1.29 is 14.2 Å². The molecule has 0 saturated carbocycles. The van der Waals surface area contributed by atoms with Crippen molar-refractivity contribution in [3.05, 3.63) is 98.6 Å². The van der Waals surface area contributed by atoms with Gasteiger partial charge < -0.3 is 0 Å². The topological polar surface area (TPSA) is 51.2 Å². The van der Waals surface area contributed by atoms with Gasteiger partial charge in [-0.1, -0.05) is 109 Å². The van der Waals surface area contributed by atoms with Crippen LogP contribution in [-0.2, 0) is 9.98 Å². The van der Waals surface area contributed by atoms with Gasteiger partial charge in [0.25, 0.3) is 0 Å². The lowest BCUT2D eigenvalue weighted by molar-refractivity contribution is 0.103. The van der Waals surface area contributed by atoms with Gasteiger partial charge >= 0.3 is 13.3 Å². The van der Waals surface area contributed by atoms with Gasteiger partial charge in [-0.15, -0.1) is 0 Å². The first-order valence-electron chi connectivity index (χ1n) is 14.0. The Hall–Kier alpha value is -2.90. The lowest BCUT2D eigenvalue weighted by atomic mass is 9.81. The molecule has 0 saturated heterocycles. The minimum absolute atomic E-state index is 0.0353. The van der Waals surface area contributed by atoms with Crippen LogP contribution < -0.4 is 5.30 Å². The van der Waals surface area contributed by atoms with Crippen molar-refractivity contribution in [3.8, 4) is 0 Å². The van der Waals surface area contributed by atoms with Crippen LogP contribution in [0.3, 0.4) is 0 Å². The lowest BCUT2D eigenvalue weighted by Gasteiger charge is -2.23. The average Bonchev–Trinajstić information content (AvgIpc) is 2.85. The molecule has 0 aromatic heterocycles. The van der Waals surface area contributed by atoms with Gasteiger partial charge in [-0.3, -0.25) is 4.79 Å². The normalized spacial score (nSPS) is 12.4. The maximum absolute atomic E-state index is 14.5. The number of hydrogen-bond donors (Lipinski definition) is 0. The fourth-order valence-electron chi connectivity index (χ4n) is 5.35. The number of ketones is 1. The maximum Gasteiger partial charge on any atom is 0.459 e. The molecule has 3 aromatic carbocycles. The Balaban J connectivity index is 2.36. The summed E-state index contributed by atoms with van der Waals surface area (Å²) >= 11 is 0. The lowest BCUT2D eigenvalue weighted by Crippen LogP contribution is -2.25. The summed E-state index contributed by atoms with van der Waals surface area (Å²) in [4.78, 5) is 28.2. The standard InChI is InChI=1S/C35H44O3P/c1-20(2)27-19-28(21(3)4)33(29(22(5)6)31(27)32(36)25-15-13-12-14-16-25)39(38)34(37)30-23(7)17-26(18-24(30)8)35(9,10)11/h12-22H,1-11H3/q+1. The Morgan fingerprint density at radius 3 is 1.67 bits per heavy atom. The van der Waals surface area contributed by atoms with Crippen molar-refractivity contribution in [2.24, 2.45) is 0 Å². The summed E-state index contributed by atoms with van der Waals surface area (Å²) in [5.74, 6) is -0.0684. The summed E-state index contributed by atoms with van der Waals surface area (Å²) in [7, 11) is -2.47. The van der Waals surface area contributed by atoms with Gasteiger partial charge in [0.1, 0.15) is 0 Å². The maximum atomic E-state index is 14.5. The number of aryl methyl sites for hydroxylation is 2. The van der Waals surface area contributed by atoms with Gasteiger partial charge in [0.2, 0.25) is 5.30 Å². The minimum Gasteiger partial charge on any atom is -0.289 e. The zero-order valence-electron chi connectivity index (χ0n) is 25.5. The zero-order valence-corrected chi connectivity index (χ0v) is 26.4. The van der Waals surface area contributed by atoms with Gasteiger partial charge in [-0.05, 0) is 65.3 Å². The van der Waals surface area contributed by atoms with E-state index >= 15 is 0 Å². The smallest absolute Gasteiger partial charge is 0.289 e. The van der Waals surface area contributed by atoms with E-state index in [2.05, 4.69) is 48.5 Å². The van der Waals surface area contributed by atoms with Gasteiger partial charge in [-0.2, -0.15) is 0 Å². The minimum atomic E-state index is -2.47. The highest BCUT2D eigenvalue weighted by atomic mass is 31.1. The van der Waals surface area contributed by atoms with E-state index in [1.54, 1.807) is 0 Å². The summed E-state index contributed by atoms with van der Waals surface area (Å²) in [6.45, 7) is 22.6. The molecule has 3 aromatic rings. The highest BCUT2D eigenvalue weighted by molar-refractivity contribution is 7.71. The van der Waals surface area contributed by atoms with Crippen LogP contribution in [0.2, 0.25) is 0 Å². The quantitative estimate of drug-likeness (QED) is 0.210. The molecule has 0 aliphatic rings. The van der Waals surface area contributed by atoms with Gasteiger partial charge in [0, 0.05) is 22.3 Å². The van der Waals surface area contributed by atoms with Crippen LogP contribution in [0.1, 0.15) is 140 Å². The highest BCUT2D eigenvalue weighted by Gasteiger charge is 2.43. The Morgan fingerprint density at radius 1 is 0.718 bits per heavy atom. The van der Waals surface area contributed by atoms with Crippen LogP contribution in [0.5, 0.6) is 0 Å². The summed E-state index contributed by atoms with van der Waals surface area (Å²) in [6.07, 6.45) is 0. The van der Waals surface area contributed by atoms with Crippen molar-refractivity contribution >= 4 is 24.4 Å². The van der Waals surface area contributed by atoms with Crippen molar-refractivity contribution in [2.75, 3.05) is 0 Å². The second-order valence-corrected chi connectivity index (χ2v) is 14.1. The number of rotatable bonds is 8. The molecule has 3 nitrogen and oxygen atoms in total. The van der Waals surface area contributed by atoms with Gasteiger partial charge in [-0.25, -0.2) is 4.79 Å². The highest BCUT2D eigenvalue weighted by Crippen LogP contribution is 2.41. The monoisotopic (exact) mass is 543 g/mol. The molecule has 0 heterocycles. The molecule has 0 bridgehead atoms. The molecule has 4 heteroatoms. The Kier molecular flexibility index (Phi) is 9.18. The molecule has 0 fully saturated rings. The van der Waals surface area contributed by atoms with Gasteiger partial charge in [0.15, 0.2) is 5.78 Å². The summed E-state index contributed by atoms with van der Waals surface area (Å²) in [5, 5.41) is 0.544. The second-order valence-electron chi connectivity index (χ2n) is 12.7. The van der Waals surface area contributed by atoms with Crippen LogP contribution in [0.25, 0.3) is 0 Å². The Morgan fingerprint density at radius 2 is 1.23 bits per heavy atom. The Bertz CT molecular complexity index is 1400. The van der Waals surface area contributed by atoms with E-state index in [1.807, 2.05) is 76.2 Å². The van der Waals surface area contributed by atoms with E-state index in [9.17, 15) is 14.2 Å². The third kappa shape index (κ3) is 6.15. The third-order valence-electron chi connectivity index (χ3n) is 7.48. The van der Waals surface area contributed by atoms with E-state index in [1.165, 1.54) is 0 Å². The van der Waals surface area contributed by atoms with Crippen molar-refractivity contribution in [2.45, 2.75) is 99.3 Å². The van der Waals surface area contributed by atoms with Crippen LogP contribution in [-0.4, -0.2) is 11.3 Å². The van der Waals surface area contributed by atoms with E-state index < -0.39 is 7.80 Å². The van der Waals surface area contributed by atoms with Crippen LogP contribution in [0, 0.1) is 13.8 Å². The molecule has 206 valence electrons. The molecule has 0 spiro atoms. The van der Waals surface area contributed by atoms with E-state index in [4.69, 9.17) is 0 Å². The summed E-state index contributed by atoms with van der Waals surface area (Å²) in [5.41, 5.74) is 6.69. The fraction of sp³-hybridized carbons (Fsp3) is 0.429. The number of hydrogen-bond acceptors (Lipinski definition) is 3. The van der Waals surface area contributed by atoms with Crippen molar-refractivity contribution in [3.63, 3.8) is 0 Å². The van der Waals surface area contributed by atoms with Crippen molar-refractivity contribution in [1.29, 1.82) is 0 Å². The molecule has 1 atom stereocenters. The molecule has 0 aliphatic carbocycles. The van der Waals surface area contributed by atoms with E-state index in [-0.39, 0.29) is 34.5 Å². The second kappa shape index (κ2) is 11.7. The number of carbonyl (C=O) groups excluding carboxylic acids is 2. The molecule has 0 aliphatic heterocycles. The molecule has 1 unspecified atom stereocenters. The van der Waals surface area contributed by atoms with Crippen molar-refractivity contribution in [1.82, 2.24) is 0 Å². The van der Waals surface area contributed by atoms with Crippen LogP contribution >= 0.6 is 7.80 Å². The zero-order chi connectivity index (χ0) is 29.4. The summed E-state index contributed by atoms with van der Waals surface area (Å²) < 4.78 is 14.5. The molecular weight excluding hydrogens is 499 g/mol. The number of benzene rings is 3. The SMILES string of the molecule is Cc1cc(C(C)(C)C)cc(C)c1C(=O)[P+](=O)c1c(C(C)C)cc(C(C)C)c(C(=O)c2ccccc2)c1C(C)C. The Labute approximate surface area is 236 Å². The molecule has 3 rings (SSSR count). The molecule has 0 amide bonds. The van der Waals surface area contributed by atoms with Gasteiger partial charge in [0.05, 0.1) is 5.56 Å². The van der Waals surface area contributed by atoms with E-state index in [0.717, 1.165) is 33.4 Å². The molecule has 0 N–H and O–H groups in total. The first kappa shape index (κ1) is 30.6. The first-order chi connectivity index (χ1) is 18.1. The third-order valence-corrected chi connectivity index (χ3v) is 8.98.